The van der Waals surface area contributed by atoms with Crippen molar-refractivity contribution in [3.05, 3.63) is 0 Å². The van der Waals surface area contributed by atoms with Crippen LogP contribution in [0.3, 0.4) is 0 Å². The van der Waals surface area contributed by atoms with Gasteiger partial charge in [0.25, 0.3) is 0 Å². The van der Waals surface area contributed by atoms with Crippen LogP contribution in [-0.4, -0.2) is 30.8 Å². The third kappa shape index (κ3) is 1.32. The van der Waals surface area contributed by atoms with E-state index in [4.69, 9.17) is 0 Å². The first-order chi connectivity index (χ1) is 4.34. The van der Waals surface area contributed by atoms with Gasteiger partial charge in [0, 0.05) is 6.54 Å². The molecule has 4 heteroatoms. The van der Waals surface area contributed by atoms with Crippen molar-refractivity contribution in [3.63, 3.8) is 0 Å². The molecular formula is C5H10N2O2. The number of hydrazine groups is 1. The van der Waals surface area contributed by atoms with E-state index in [9.17, 15) is 4.79 Å². The molecule has 1 fully saturated rings. The van der Waals surface area contributed by atoms with Gasteiger partial charge in [-0.2, -0.15) is 0 Å². The molecule has 1 amide bonds. The fourth-order valence-electron chi connectivity index (χ4n) is 0.728. The lowest BCUT2D eigenvalue weighted by Gasteiger charge is -2.10. The van der Waals surface area contributed by atoms with Crippen LogP contribution in [0.5, 0.6) is 0 Å². The Labute approximate surface area is 53.7 Å². The van der Waals surface area contributed by atoms with Crippen LogP contribution in [0.2, 0.25) is 0 Å². The van der Waals surface area contributed by atoms with Crippen molar-refractivity contribution in [2.75, 3.05) is 19.7 Å². The van der Waals surface area contributed by atoms with E-state index in [-0.39, 0.29) is 6.09 Å². The molecule has 1 heterocycles. The molecule has 1 N–H and O–H groups in total. The molecule has 0 aliphatic carbocycles. The molecule has 52 valence electrons. The summed E-state index contributed by atoms with van der Waals surface area (Å²) < 4.78 is 4.64. The molecule has 1 saturated heterocycles. The molecule has 0 spiro atoms. The summed E-state index contributed by atoms with van der Waals surface area (Å²) in [6.07, 6.45) is -0.267. The van der Waals surface area contributed by atoms with Crippen LogP contribution < -0.4 is 5.43 Å². The van der Waals surface area contributed by atoms with E-state index in [2.05, 4.69) is 10.2 Å². The first kappa shape index (κ1) is 6.35. The maximum atomic E-state index is 10.6. The van der Waals surface area contributed by atoms with Crippen molar-refractivity contribution in [3.8, 4) is 0 Å². The van der Waals surface area contributed by atoms with Gasteiger partial charge >= 0.3 is 6.09 Å². The zero-order valence-corrected chi connectivity index (χ0v) is 5.39. The van der Waals surface area contributed by atoms with E-state index in [0.717, 1.165) is 6.54 Å². The summed E-state index contributed by atoms with van der Waals surface area (Å²) in [6.45, 7) is 3.86. The molecule has 0 bridgehead atoms. The molecule has 0 saturated carbocycles. The smallest absolute Gasteiger partial charge is 0.424 e. The van der Waals surface area contributed by atoms with Crippen LogP contribution in [0.15, 0.2) is 0 Å². The standard InChI is InChI=1S/C5H10N2O2/c1-2-6-7-3-4-9-5(7)8/h6H,2-4H2,1H3. The maximum absolute atomic E-state index is 10.6. The molecule has 0 unspecified atom stereocenters. The SMILES string of the molecule is CCNN1CCOC1=O. The fraction of sp³-hybridized carbons (Fsp3) is 0.800. The van der Waals surface area contributed by atoms with E-state index in [1.165, 1.54) is 5.01 Å². The molecule has 0 radical (unpaired) electrons. The van der Waals surface area contributed by atoms with Crippen molar-refractivity contribution in [1.29, 1.82) is 0 Å². The lowest BCUT2D eigenvalue weighted by atomic mass is 10.7. The number of cyclic esters (lactones) is 1. The summed E-state index contributed by atoms with van der Waals surface area (Å²) in [5.41, 5.74) is 2.85. The van der Waals surface area contributed by atoms with Crippen LogP contribution in [-0.2, 0) is 4.74 Å². The molecule has 0 atom stereocenters. The summed E-state index contributed by atoms with van der Waals surface area (Å²) in [6, 6.07) is 0. The molecule has 1 rings (SSSR count). The molecule has 1 aliphatic heterocycles. The van der Waals surface area contributed by atoms with Crippen LogP contribution in [0.4, 0.5) is 4.79 Å². The average Bonchev–Trinajstić information content (AvgIpc) is 2.18. The molecule has 4 nitrogen and oxygen atoms in total. The minimum absolute atomic E-state index is 0.267. The van der Waals surface area contributed by atoms with E-state index in [1.54, 1.807) is 0 Å². The number of amides is 1. The highest BCUT2D eigenvalue weighted by atomic mass is 16.6. The molecule has 9 heavy (non-hydrogen) atoms. The summed E-state index contributed by atoms with van der Waals surface area (Å²) in [4.78, 5) is 10.6. The van der Waals surface area contributed by atoms with Gasteiger partial charge in [0.2, 0.25) is 0 Å². The van der Waals surface area contributed by atoms with Gasteiger partial charge in [-0.1, -0.05) is 6.92 Å². The Morgan fingerprint density at radius 2 is 2.67 bits per heavy atom. The van der Waals surface area contributed by atoms with Crippen LogP contribution in [0.25, 0.3) is 0 Å². The van der Waals surface area contributed by atoms with Gasteiger partial charge in [0.1, 0.15) is 6.61 Å². The zero-order chi connectivity index (χ0) is 6.69. The Balaban J connectivity index is 2.31. The number of hydrogen-bond donors (Lipinski definition) is 1. The third-order valence-electron chi connectivity index (χ3n) is 1.11. The number of nitrogens with zero attached hydrogens (tertiary/aromatic N) is 1. The Bertz CT molecular complexity index is 116. The van der Waals surface area contributed by atoms with Crippen molar-refractivity contribution in [2.24, 2.45) is 0 Å². The molecule has 0 aromatic carbocycles. The highest BCUT2D eigenvalue weighted by Gasteiger charge is 2.20. The highest BCUT2D eigenvalue weighted by Crippen LogP contribution is 1.97. The van der Waals surface area contributed by atoms with Crippen molar-refractivity contribution in [2.45, 2.75) is 6.92 Å². The molecular weight excluding hydrogens is 120 g/mol. The number of carbonyl (C=O) groups is 1. The van der Waals surface area contributed by atoms with Gasteiger partial charge in [-0.3, -0.25) is 0 Å². The predicted molar refractivity (Wildman–Crippen MR) is 31.7 cm³/mol. The minimum atomic E-state index is -0.267. The Kier molecular flexibility index (Phi) is 1.89. The monoisotopic (exact) mass is 130 g/mol. The number of carbonyl (C=O) groups excluding carboxylic acids is 1. The van der Waals surface area contributed by atoms with E-state index < -0.39 is 0 Å². The van der Waals surface area contributed by atoms with Gasteiger partial charge < -0.3 is 4.74 Å². The van der Waals surface area contributed by atoms with Crippen LogP contribution in [0.1, 0.15) is 6.92 Å². The largest absolute Gasteiger partial charge is 0.447 e. The summed E-state index contributed by atoms with van der Waals surface area (Å²) in [5, 5.41) is 1.47. The Hall–Kier alpha value is -0.770. The summed E-state index contributed by atoms with van der Waals surface area (Å²) in [7, 11) is 0. The number of rotatable bonds is 2. The van der Waals surface area contributed by atoms with E-state index >= 15 is 0 Å². The van der Waals surface area contributed by atoms with Gasteiger partial charge in [0.15, 0.2) is 0 Å². The summed E-state index contributed by atoms with van der Waals surface area (Å²) in [5.74, 6) is 0. The highest BCUT2D eigenvalue weighted by molar-refractivity contribution is 5.68. The third-order valence-corrected chi connectivity index (χ3v) is 1.11. The predicted octanol–water partition coefficient (Wildman–Crippen LogP) is -0.0369. The second kappa shape index (κ2) is 2.68. The lowest BCUT2D eigenvalue weighted by Crippen LogP contribution is -2.38. The van der Waals surface area contributed by atoms with E-state index in [0.29, 0.717) is 13.2 Å². The van der Waals surface area contributed by atoms with Gasteiger partial charge in [-0.05, 0) is 0 Å². The Morgan fingerprint density at radius 1 is 1.89 bits per heavy atom. The average molecular weight is 130 g/mol. The molecule has 0 aromatic heterocycles. The first-order valence-corrected chi connectivity index (χ1v) is 3.02. The molecule has 1 aliphatic rings. The van der Waals surface area contributed by atoms with Crippen LogP contribution in [0, 0.1) is 0 Å². The quantitative estimate of drug-likeness (QED) is 0.570. The maximum Gasteiger partial charge on any atom is 0.424 e. The number of hydrogen-bond acceptors (Lipinski definition) is 3. The van der Waals surface area contributed by atoms with Crippen molar-refractivity contribution >= 4 is 6.09 Å². The van der Waals surface area contributed by atoms with E-state index in [1.807, 2.05) is 6.92 Å². The number of ether oxygens (including phenoxy) is 1. The van der Waals surface area contributed by atoms with Crippen molar-refractivity contribution in [1.82, 2.24) is 10.4 Å². The topological polar surface area (TPSA) is 41.6 Å². The van der Waals surface area contributed by atoms with Gasteiger partial charge in [0.05, 0.1) is 6.54 Å². The second-order valence-corrected chi connectivity index (χ2v) is 1.78. The molecule has 0 aromatic rings. The summed E-state index contributed by atoms with van der Waals surface area (Å²) >= 11 is 0. The minimum Gasteiger partial charge on any atom is -0.447 e. The first-order valence-electron chi connectivity index (χ1n) is 3.02. The normalized spacial score (nSPS) is 18.3. The zero-order valence-electron chi connectivity index (χ0n) is 5.39. The number of nitrogens with one attached hydrogen (secondary N) is 1. The Morgan fingerprint density at radius 3 is 3.11 bits per heavy atom. The van der Waals surface area contributed by atoms with Crippen LogP contribution >= 0.6 is 0 Å². The lowest BCUT2D eigenvalue weighted by molar-refractivity contribution is 0.146. The van der Waals surface area contributed by atoms with Crippen molar-refractivity contribution < 1.29 is 9.53 Å². The second-order valence-electron chi connectivity index (χ2n) is 1.78. The van der Waals surface area contributed by atoms with Gasteiger partial charge in [-0.25, -0.2) is 15.2 Å². The fourth-order valence-corrected chi connectivity index (χ4v) is 0.728. The van der Waals surface area contributed by atoms with Gasteiger partial charge in [-0.15, -0.1) is 0 Å².